The molecular weight excluding hydrogens is 512 g/mol. The number of hydrogen-bond acceptors (Lipinski definition) is 7. The highest BCUT2D eigenvalue weighted by Crippen LogP contribution is 2.26. The number of primary sulfonamides is 1. The van der Waals surface area contributed by atoms with Crippen LogP contribution in [-0.4, -0.2) is 42.6 Å². The fourth-order valence-corrected chi connectivity index (χ4v) is 4.04. The molecule has 0 bridgehead atoms. The maximum atomic E-state index is 13.3. The first-order valence-electron chi connectivity index (χ1n) is 11.1. The molecule has 2 aromatic carbocycles. The average molecular weight is 535 g/mol. The van der Waals surface area contributed by atoms with Gasteiger partial charge in [-0.2, -0.15) is 18.2 Å². The third-order valence-electron chi connectivity index (χ3n) is 5.32. The molecule has 0 fully saturated rings. The molecule has 2 aromatic heterocycles. The minimum atomic E-state index is -4.47. The molecule has 194 valence electrons. The van der Waals surface area contributed by atoms with E-state index >= 15 is 0 Å². The fraction of sp³-hybridized carbons (Fsp3) is 0.208. The number of benzene rings is 2. The van der Waals surface area contributed by atoms with E-state index in [-0.39, 0.29) is 22.2 Å². The molecule has 4 N–H and O–H groups in total. The summed E-state index contributed by atoms with van der Waals surface area (Å²) in [5.41, 5.74) is 2.38. The molecule has 0 saturated heterocycles. The van der Waals surface area contributed by atoms with Crippen LogP contribution in [0.4, 0.5) is 29.3 Å². The minimum absolute atomic E-state index is 0.0222. The Morgan fingerprint density at radius 3 is 2.22 bits per heavy atom. The van der Waals surface area contributed by atoms with E-state index in [1.807, 2.05) is 0 Å². The number of rotatable bonds is 9. The van der Waals surface area contributed by atoms with Gasteiger partial charge >= 0.3 is 6.18 Å². The SMILES string of the molecule is NS(=O)(=O)c1ccc(CCCNc2nc(NCC(F)(F)F)c3nc(-c4ccc(F)cc4)ccc3n2)cc1. The van der Waals surface area contributed by atoms with Crippen molar-refractivity contribution < 1.29 is 26.0 Å². The zero-order chi connectivity index (χ0) is 26.6. The molecule has 2 heterocycles. The van der Waals surface area contributed by atoms with Crippen molar-refractivity contribution in [1.82, 2.24) is 15.0 Å². The first-order chi connectivity index (χ1) is 17.5. The molecule has 8 nitrogen and oxygen atoms in total. The van der Waals surface area contributed by atoms with E-state index < -0.39 is 28.6 Å². The highest BCUT2D eigenvalue weighted by Gasteiger charge is 2.27. The van der Waals surface area contributed by atoms with Crippen molar-refractivity contribution >= 4 is 32.8 Å². The lowest BCUT2D eigenvalue weighted by Crippen LogP contribution is -2.22. The van der Waals surface area contributed by atoms with Crippen LogP contribution in [-0.2, 0) is 16.4 Å². The summed E-state index contributed by atoms with van der Waals surface area (Å²) >= 11 is 0. The quantitative estimate of drug-likeness (QED) is 0.214. The Labute approximate surface area is 210 Å². The summed E-state index contributed by atoms with van der Waals surface area (Å²) in [6.45, 7) is -0.905. The number of halogens is 4. The van der Waals surface area contributed by atoms with Crippen molar-refractivity contribution in [3.05, 3.63) is 72.0 Å². The van der Waals surface area contributed by atoms with Crippen LogP contribution in [0.15, 0.2) is 65.6 Å². The molecule has 4 aromatic rings. The van der Waals surface area contributed by atoms with Gasteiger partial charge in [-0.15, -0.1) is 0 Å². The molecule has 0 aliphatic heterocycles. The Hall–Kier alpha value is -3.84. The van der Waals surface area contributed by atoms with Gasteiger partial charge in [0.05, 0.1) is 16.1 Å². The van der Waals surface area contributed by atoms with Crippen LogP contribution >= 0.6 is 0 Å². The summed E-state index contributed by atoms with van der Waals surface area (Å²) in [6.07, 6.45) is -3.26. The van der Waals surface area contributed by atoms with E-state index in [1.165, 1.54) is 36.4 Å². The molecule has 0 aliphatic carbocycles. The van der Waals surface area contributed by atoms with Crippen molar-refractivity contribution in [3.8, 4) is 11.3 Å². The number of nitrogens with two attached hydrogens (primary N) is 1. The first-order valence-corrected chi connectivity index (χ1v) is 12.6. The molecular formula is C24H22F4N6O2S. The van der Waals surface area contributed by atoms with Gasteiger partial charge in [-0.05, 0) is 66.9 Å². The van der Waals surface area contributed by atoms with E-state index in [0.29, 0.717) is 36.2 Å². The summed E-state index contributed by atoms with van der Waals surface area (Å²) in [5.74, 6) is -0.387. The average Bonchev–Trinajstić information content (AvgIpc) is 2.85. The Kier molecular flexibility index (Phi) is 7.55. The molecule has 0 unspecified atom stereocenters. The molecule has 0 amide bonds. The van der Waals surface area contributed by atoms with Crippen molar-refractivity contribution in [2.24, 2.45) is 5.14 Å². The van der Waals surface area contributed by atoms with E-state index in [4.69, 9.17) is 5.14 Å². The maximum Gasteiger partial charge on any atom is 0.405 e. The van der Waals surface area contributed by atoms with Gasteiger partial charge in [0.25, 0.3) is 0 Å². The monoisotopic (exact) mass is 534 g/mol. The largest absolute Gasteiger partial charge is 0.405 e. The van der Waals surface area contributed by atoms with Gasteiger partial charge in [-0.3, -0.25) is 0 Å². The summed E-state index contributed by atoms with van der Waals surface area (Å²) < 4.78 is 74.7. The third kappa shape index (κ3) is 7.11. The van der Waals surface area contributed by atoms with E-state index in [9.17, 15) is 26.0 Å². The zero-order valence-corrected chi connectivity index (χ0v) is 20.1. The number of anilines is 2. The summed E-state index contributed by atoms with van der Waals surface area (Å²) in [6, 6.07) is 15.0. The standard InChI is InChI=1S/C24H22F4N6O2S/c25-17-7-5-16(6-8-17)19-11-12-20-21(32-19)22(31-14-24(26,27)28)34-23(33-20)30-13-1-2-15-3-9-18(10-4-15)37(29,35)36/h3-12H,1-2,13-14H2,(H2,29,35,36)(H2,30,31,33,34). The molecule has 0 radical (unpaired) electrons. The lowest BCUT2D eigenvalue weighted by molar-refractivity contribution is -0.115. The number of aromatic nitrogens is 3. The number of aryl methyl sites for hydroxylation is 1. The summed E-state index contributed by atoms with van der Waals surface area (Å²) in [7, 11) is -3.76. The smallest absolute Gasteiger partial charge is 0.359 e. The van der Waals surface area contributed by atoms with E-state index in [0.717, 1.165) is 5.56 Å². The van der Waals surface area contributed by atoms with Crippen LogP contribution in [0.5, 0.6) is 0 Å². The van der Waals surface area contributed by atoms with Gasteiger partial charge in [0.1, 0.15) is 17.9 Å². The van der Waals surface area contributed by atoms with Crippen molar-refractivity contribution in [2.45, 2.75) is 23.9 Å². The predicted octanol–water partition coefficient (Wildman–Crippen LogP) is 4.50. The van der Waals surface area contributed by atoms with Crippen LogP contribution in [0, 0.1) is 5.82 Å². The van der Waals surface area contributed by atoms with Crippen molar-refractivity contribution in [3.63, 3.8) is 0 Å². The summed E-state index contributed by atoms with van der Waals surface area (Å²) in [4.78, 5) is 13.0. The number of fused-ring (bicyclic) bond motifs is 1. The lowest BCUT2D eigenvalue weighted by atomic mass is 10.1. The van der Waals surface area contributed by atoms with Crippen LogP contribution in [0.25, 0.3) is 22.3 Å². The van der Waals surface area contributed by atoms with E-state index in [1.54, 1.807) is 24.3 Å². The topological polar surface area (TPSA) is 123 Å². The lowest BCUT2D eigenvalue weighted by Gasteiger charge is -2.13. The maximum absolute atomic E-state index is 13.3. The second-order valence-corrected chi connectivity index (χ2v) is 9.72. The van der Waals surface area contributed by atoms with Crippen LogP contribution in [0.2, 0.25) is 0 Å². The summed E-state index contributed by atoms with van der Waals surface area (Å²) in [5, 5.41) is 10.4. The molecule has 0 atom stereocenters. The van der Waals surface area contributed by atoms with Gasteiger partial charge in [0.2, 0.25) is 16.0 Å². The molecule has 0 aliphatic rings. The number of nitrogens with zero attached hydrogens (tertiary/aromatic N) is 3. The Morgan fingerprint density at radius 2 is 1.57 bits per heavy atom. The third-order valence-corrected chi connectivity index (χ3v) is 6.25. The second-order valence-electron chi connectivity index (χ2n) is 8.15. The number of pyridine rings is 1. The minimum Gasteiger partial charge on any atom is -0.359 e. The number of sulfonamides is 1. The molecule has 0 spiro atoms. The fourth-order valence-electron chi connectivity index (χ4n) is 3.52. The molecule has 13 heteroatoms. The molecule has 0 saturated carbocycles. The van der Waals surface area contributed by atoms with Gasteiger partial charge in [0, 0.05) is 12.1 Å². The normalized spacial score (nSPS) is 12.0. The highest BCUT2D eigenvalue weighted by atomic mass is 32.2. The Bertz CT molecular complexity index is 1500. The number of nitrogens with one attached hydrogen (secondary N) is 2. The number of hydrogen-bond donors (Lipinski definition) is 3. The van der Waals surface area contributed by atoms with Gasteiger partial charge < -0.3 is 10.6 Å². The van der Waals surface area contributed by atoms with Crippen LogP contribution in [0.3, 0.4) is 0 Å². The van der Waals surface area contributed by atoms with Crippen LogP contribution < -0.4 is 15.8 Å². The van der Waals surface area contributed by atoms with Crippen molar-refractivity contribution in [2.75, 3.05) is 23.7 Å². The van der Waals surface area contributed by atoms with Gasteiger partial charge in [-0.1, -0.05) is 12.1 Å². The second kappa shape index (κ2) is 10.6. The zero-order valence-electron chi connectivity index (χ0n) is 19.3. The van der Waals surface area contributed by atoms with E-state index in [2.05, 4.69) is 25.6 Å². The van der Waals surface area contributed by atoms with Gasteiger partial charge in [0.15, 0.2) is 5.82 Å². The Morgan fingerprint density at radius 1 is 0.865 bits per heavy atom. The molecule has 4 rings (SSSR count). The van der Waals surface area contributed by atoms with Gasteiger partial charge in [-0.25, -0.2) is 27.9 Å². The Balaban J connectivity index is 1.51. The van der Waals surface area contributed by atoms with Crippen molar-refractivity contribution in [1.29, 1.82) is 0 Å². The predicted molar refractivity (Wildman–Crippen MR) is 132 cm³/mol. The molecule has 37 heavy (non-hydrogen) atoms. The highest BCUT2D eigenvalue weighted by molar-refractivity contribution is 7.89. The first kappa shape index (κ1) is 26.2. The van der Waals surface area contributed by atoms with Crippen LogP contribution in [0.1, 0.15) is 12.0 Å². The number of alkyl halides is 3.